The lowest BCUT2D eigenvalue weighted by Crippen LogP contribution is -2.21. The molecule has 0 amide bonds. The van der Waals surface area contributed by atoms with Crippen molar-refractivity contribution in [3.05, 3.63) is 54.6 Å². The molecule has 0 saturated heterocycles. The van der Waals surface area contributed by atoms with E-state index < -0.39 is 0 Å². The maximum atomic E-state index is 5.88. The van der Waals surface area contributed by atoms with E-state index in [4.69, 9.17) is 10.5 Å². The van der Waals surface area contributed by atoms with E-state index in [1.165, 1.54) is 0 Å². The molecule has 1 unspecified atom stereocenters. The number of H-pyrrole nitrogens is 1. The van der Waals surface area contributed by atoms with Crippen molar-refractivity contribution >= 4 is 42.9 Å². The van der Waals surface area contributed by atoms with Gasteiger partial charge in [-0.15, -0.1) is 37.2 Å². The number of pyridine rings is 1. The van der Waals surface area contributed by atoms with Crippen LogP contribution in [0.15, 0.2) is 48.8 Å². The summed E-state index contributed by atoms with van der Waals surface area (Å²) in [5, 5.41) is 10.5. The highest BCUT2D eigenvalue weighted by molar-refractivity contribution is 5.86. The number of nitrogens with one attached hydrogen (secondary N) is 2. The number of benzene rings is 1. The van der Waals surface area contributed by atoms with Crippen molar-refractivity contribution in [2.45, 2.75) is 6.04 Å². The molecule has 0 saturated carbocycles. The fourth-order valence-corrected chi connectivity index (χ4v) is 2.21. The maximum absolute atomic E-state index is 5.88. The molecule has 4 N–H and O–H groups in total. The van der Waals surface area contributed by atoms with Gasteiger partial charge in [0.15, 0.2) is 5.82 Å². The molecular formula is C16H21Cl3N6O. The van der Waals surface area contributed by atoms with Crippen LogP contribution in [0.5, 0.6) is 5.75 Å². The second-order valence-corrected chi connectivity index (χ2v) is 4.94. The summed E-state index contributed by atoms with van der Waals surface area (Å²) in [5.74, 6) is 2.08. The van der Waals surface area contributed by atoms with Crippen molar-refractivity contribution in [3.63, 3.8) is 0 Å². The molecule has 0 radical (unpaired) electrons. The number of hydrogen-bond acceptors (Lipinski definition) is 6. The Balaban J connectivity index is 0.00000208. The Morgan fingerprint density at radius 2 is 1.88 bits per heavy atom. The van der Waals surface area contributed by atoms with Gasteiger partial charge in [-0.1, -0.05) is 6.07 Å². The summed E-state index contributed by atoms with van der Waals surface area (Å²) < 4.78 is 5.22. The Hall–Kier alpha value is -2.06. The first kappa shape index (κ1) is 23.9. The van der Waals surface area contributed by atoms with Gasteiger partial charge in [0.1, 0.15) is 11.6 Å². The molecule has 0 spiro atoms. The standard InChI is InChI=1S/C16H18N6O.3ClH/c1-23-13-4-2-3-12(9-13)19-14(10-17)16-20-15(21-22-16)11-5-7-18-8-6-11;;;/h2-9,14,19H,10,17H2,1H3,(H,20,21,22);3*1H. The third-order valence-corrected chi connectivity index (χ3v) is 3.42. The Morgan fingerprint density at radius 3 is 2.54 bits per heavy atom. The predicted molar refractivity (Wildman–Crippen MR) is 110 cm³/mol. The molecule has 0 aliphatic rings. The van der Waals surface area contributed by atoms with Gasteiger partial charge in [-0.3, -0.25) is 10.1 Å². The highest BCUT2D eigenvalue weighted by Crippen LogP contribution is 2.22. The number of hydrogen-bond donors (Lipinski definition) is 3. The number of anilines is 1. The number of ether oxygens (including phenoxy) is 1. The van der Waals surface area contributed by atoms with Crippen molar-refractivity contribution in [3.8, 4) is 17.1 Å². The van der Waals surface area contributed by atoms with E-state index in [0.29, 0.717) is 18.2 Å². The summed E-state index contributed by atoms with van der Waals surface area (Å²) in [4.78, 5) is 8.51. The molecule has 0 aliphatic heterocycles. The average Bonchev–Trinajstić information content (AvgIpc) is 3.10. The second-order valence-electron chi connectivity index (χ2n) is 4.94. The van der Waals surface area contributed by atoms with Gasteiger partial charge in [-0.25, -0.2) is 4.98 Å². The zero-order chi connectivity index (χ0) is 16.1. The zero-order valence-corrected chi connectivity index (χ0v) is 16.4. The van der Waals surface area contributed by atoms with Gasteiger partial charge in [0.05, 0.1) is 13.2 Å². The molecule has 3 rings (SSSR count). The van der Waals surface area contributed by atoms with E-state index in [-0.39, 0.29) is 43.3 Å². The first-order valence-electron chi connectivity index (χ1n) is 7.23. The van der Waals surface area contributed by atoms with E-state index in [9.17, 15) is 0 Å². The molecule has 0 bridgehead atoms. The van der Waals surface area contributed by atoms with Crippen LogP contribution in [0.2, 0.25) is 0 Å². The smallest absolute Gasteiger partial charge is 0.181 e. The molecule has 1 atom stereocenters. The van der Waals surface area contributed by atoms with Gasteiger partial charge >= 0.3 is 0 Å². The van der Waals surface area contributed by atoms with E-state index >= 15 is 0 Å². The summed E-state index contributed by atoms with van der Waals surface area (Å²) in [6.45, 7) is 0.377. The maximum Gasteiger partial charge on any atom is 0.181 e. The first-order valence-corrected chi connectivity index (χ1v) is 7.23. The number of methoxy groups -OCH3 is 1. The molecule has 2 heterocycles. The molecule has 10 heteroatoms. The lowest BCUT2D eigenvalue weighted by Gasteiger charge is -2.16. The minimum absolute atomic E-state index is 0. The molecule has 26 heavy (non-hydrogen) atoms. The Kier molecular flexibility index (Phi) is 10.6. The summed E-state index contributed by atoms with van der Waals surface area (Å²) in [6.07, 6.45) is 3.42. The lowest BCUT2D eigenvalue weighted by atomic mass is 10.2. The second kappa shape index (κ2) is 11.5. The summed E-state index contributed by atoms with van der Waals surface area (Å²) in [6, 6.07) is 11.2. The van der Waals surface area contributed by atoms with E-state index in [1.54, 1.807) is 19.5 Å². The number of aromatic nitrogens is 4. The molecule has 0 fully saturated rings. The van der Waals surface area contributed by atoms with Gasteiger partial charge < -0.3 is 15.8 Å². The van der Waals surface area contributed by atoms with Crippen LogP contribution in [0.25, 0.3) is 11.4 Å². The van der Waals surface area contributed by atoms with Gasteiger partial charge in [0, 0.05) is 36.3 Å². The van der Waals surface area contributed by atoms with Gasteiger partial charge in [0.25, 0.3) is 0 Å². The lowest BCUT2D eigenvalue weighted by molar-refractivity contribution is 0.415. The molecule has 0 aliphatic carbocycles. The SMILES string of the molecule is COc1cccc(NC(CN)c2nc(-c3ccncc3)n[nH]2)c1.Cl.Cl.Cl. The largest absolute Gasteiger partial charge is 0.497 e. The van der Waals surface area contributed by atoms with Gasteiger partial charge in [0.2, 0.25) is 0 Å². The Morgan fingerprint density at radius 1 is 1.15 bits per heavy atom. The van der Waals surface area contributed by atoms with Crippen LogP contribution in [0.3, 0.4) is 0 Å². The van der Waals surface area contributed by atoms with Crippen molar-refractivity contribution in [1.29, 1.82) is 0 Å². The fraction of sp³-hybridized carbons (Fsp3) is 0.188. The summed E-state index contributed by atoms with van der Waals surface area (Å²) in [5.41, 5.74) is 7.69. The van der Waals surface area contributed by atoms with E-state index in [1.807, 2.05) is 36.4 Å². The van der Waals surface area contributed by atoms with Crippen LogP contribution in [0, 0.1) is 0 Å². The molecular weight excluding hydrogens is 399 g/mol. The highest BCUT2D eigenvalue weighted by atomic mass is 35.5. The van der Waals surface area contributed by atoms with E-state index in [0.717, 1.165) is 17.0 Å². The quantitative estimate of drug-likeness (QED) is 0.567. The van der Waals surface area contributed by atoms with Crippen LogP contribution in [-0.4, -0.2) is 33.8 Å². The van der Waals surface area contributed by atoms with Crippen LogP contribution in [0.1, 0.15) is 11.9 Å². The van der Waals surface area contributed by atoms with Crippen molar-refractivity contribution < 1.29 is 4.74 Å². The average molecular weight is 420 g/mol. The topological polar surface area (TPSA) is 102 Å². The molecule has 2 aromatic heterocycles. The van der Waals surface area contributed by atoms with Crippen LogP contribution in [-0.2, 0) is 0 Å². The fourth-order valence-electron chi connectivity index (χ4n) is 2.21. The number of nitrogens with two attached hydrogens (primary N) is 1. The third kappa shape index (κ3) is 5.74. The highest BCUT2D eigenvalue weighted by Gasteiger charge is 2.15. The minimum Gasteiger partial charge on any atom is -0.497 e. The molecule has 142 valence electrons. The van der Waals surface area contributed by atoms with Gasteiger partial charge in [-0.2, -0.15) is 5.10 Å². The molecule has 3 aromatic rings. The van der Waals surface area contributed by atoms with Crippen LogP contribution >= 0.6 is 37.2 Å². The molecule has 1 aromatic carbocycles. The minimum atomic E-state index is -0.176. The number of halogens is 3. The third-order valence-electron chi connectivity index (χ3n) is 3.42. The summed E-state index contributed by atoms with van der Waals surface area (Å²) >= 11 is 0. The zero-order valence-electron chi connectivity index (χ0n) is 14.0. The normalized spacial score (nSPS) is 10.5. The predicted octanol–water partition coefficient (Wildman–Crippen LogP) is 3.25. The number of aromatic amines is 1. The number of nitrogens with zero attached hydrogens (tertiary/aromatic N) is 3. The molecule has 7 nitrogen and oxygen atoms in total. The van der Waals surface area contributed by atoms with Crippen molar-refractivity contribution in [1.82, 2.24) is 20.2 Å². The van der Waals surface area contributed by atoms with Gasteiger partial charge in [-0.05, 0) is 24.3 Å². The van der Waals surface area contributed by atoms with Crippen LogP contribution < -0.4 is 15.8 Å². The van der Waals surface area contributed by atoms with Crippen molar-refractivity contribution in [2.75, 3.05) is 19.0 Å². The Labute approximate surface area is 170 Å². The number of rotatable bonds is 6. The monoisotopic (exact) mass is 418 g/mol. The first-order chi connectivity index (χ1) is 11.3. The van der Waals surface area contributed by atoms with Crippen LogP contribution in [0.4, 0.5) is 5.69 Å². The Bertz CT molecular complexity index is 771. The van der Waals surface area contributed by atoms with Crippen molar-refractivity contribution in [2.24, 2.45) is 5.73 Å². The van der Waals surface area contributed by atoms with E-state index in [2.05, 4.69) is 25.5 Å². The summed E-state index contributed by atoms with van der Waals surface area (Å²) in [7, 11) is 1.64.